The summed E-state index contributed by atoms with van der Waals surface area (Å²) in [6.07, 6.45) is 19.0. The van der Waals surface area contributed by atoms with Crippen molar-refractivity contribution in [3.63, 3.8) is 0 Å². The van der Waals surface area contributed by atoms with E-state index in [1.165, 1.54) is 83.5 Å². The van der Waals surface area contributed by atoms with Gasteiger partial charge in [-0.05, 0) is 30.7 Å². The second-order valence-corrected chi connectivity index (χ2v) is 7.73. The van der Waals surface area contributed by atoms with Crippen molar-refractivity contribution >= 4 is 17.4 Å². The molecular formula is C24H39NO3. The number of ketones is 1. The number of aliphatic carboxylic acids is 1. The van der Waals surface area contributed by atoms with Crippen LogP contribution in [-0.4, -0.2) is 23.4 Å². The number of rotatable bonds is 18. The molecule has 28 heavy (non-hydrogen) atoms. The van der Waals surface area contributed by atoms with Crippen molar-refractivity contribution in [1.82, 2.24) is 0 Å². The van der Waals surface area contributed by atoms with Crippen molar-refractivity contribution in [2.24, 2.45) is 0 Å². The summed E-state index contributed by atoms with van der Waals surface area (Å²) in [5.41, 5.74) is 1.14. The van der Waals surface area contributed by atoms with E-state index >= 15 is 0 Å². The van der Waals surface area contributed by atoms with Gasteiger partial charge >= 0.3 is 5.97 Å². The van der Waals surface area contributed by atoms with Crippen molar-refractivity contribution in [3.05, 3.63) is 29.8 Å². The Kier molecular flexibility index (Phi) is 14.0. The van der Waals surface area contributed by atoms with Crippen LogP contribution in [0.4, 0.5) is 5.69 Å². The monoisotopic (exact) mass is 389 g/mol. The highest BCUT2D eigenvalue weighted by Gasteiger charge is 2.13. The zero-order chi connectivity index (χ0) is 20.5. The minimum Gasteiger partial charge on any atom is -0.475 e. The molecule has 0 radical (unpaired) electrons. The van der Waals surface area contributed by atoms with E-state index in [-0.39, 0.29) is 5.56 Å². The molecule has 4 nitrogen and oxygen atoms in total. The molecule has 1 rings (SSSR count). The molecule has 0 saturated heterocycles. The van der Waals surface area contributed by atoms with E-state index in [1.807, 2.05) is 0 Å². The number of Topliss-reactive ketones (excluding diaryl/α,β-unsaturated/α-hetero) is 1. The summed E-state index contributed by atoms with van der Waals surface area (Å²) in [5, 5.41) is 12.0. The maximum atomic E-state index is 11.3. The lowest BCUT2D eigenvalue weighted by Crippen LogP contribution is -2.12. The van der Waals surface area contributed by atoms with Crippen LogP contribution in [0.2, 0.25) is 0 Å². The van der Waals surface area contributed by atoms with Gasteiger partial charge in [0.05, 0.1) is 0 Å². The summed E-state index contributed by atoms with van der Waals surface area (Å²) in [6, 6.07) is 6.65. The Morgan fingerprint density at radius 2 is 1.14 bits per heavy atom. The average Bonchev–Trinajstić information content (AvgIpc) is 2.70. The van der Waals surface area contributed by atoms with Crippen LogP contribution in [0.25, 0.3) is 0 Å². The number of hydrogen-bond donors (Lipinski definition) is 2. The molecule has 2 N–H and O–H groups in total. The van der Waals surface area contributed by atoms with Crippen LogP contribution >= 0.6 is 0 Å². The topological polar surface area (TPSA) is 66.4 Å². The molecule has 0 spiro atoms. The van der Waals surface area contributed by atoms with Crippen LogP contribution in [0.5, 0.6) is 0 Å². The van der Waals surface area contributed by atoms with Gasteiger partial charge < -0.3 is 10.4 Å². The Balaban J connectivity index is 1.90. The van der Waals surface area contributed by atoms with Crippen LogP contribution in [0.3, 0.4) is 0 Å². The van der Waals surface area contributed by atoms with Crippen LogP contribution < -0.4 is 5.32 Å². The van der Waals surface area contributed by atoms with Gasteiger partial charge in [0.1, 0.15) is 0 Å². The molecule has 0 atom stereocenters. The van der Waals surface area contributed by atoms with Gasteiger partial charge in [0.2, 0.25) is 0 Å². The van der Waals surface area contributed by atoms with E-state index in [2.05, 4.69) is 12.2 Å². The standard InChI is InChI=1S/C24H39NO3/c1-2-3-4-5-6-7-8-9-10-11-12-13-14-15-20-25-22-18-16-21(17-19-22)23(26)24(27)28/h16-19,25H,2-15,20H2,1H3,(H,27,28). The molecule has 0 heterocycles. The van der Waals surface area contributed by atoms with Crippen LogP contribution in [0, 0.1) is 0 Å². The maximum Gasteiger partial charge on any atom is 0.377 e. The summed E-state index contributed by atoms with van der Waals surface area (Å²) >= 11 is 0. The second kappa shape index (κ2) is 16.1. The van der Waals surface area contributed by atoms with Crippen LogP contribution in [-0.2, 0) is 4.79 Å². The Hall–Kier alpha value is -1.84. The predicted molar refractivity (Wildman–Crippen MR) is 117 cm³/mol. The summed E-state index contributed by atoms with van der Waals surface area (Å²) < 4.78 is 0. The lowest BCUT2D eigenvalue weighted by Gasteiger charge is -2.07. The zero-order valence-corrected chi connectivity index (χ0v) is 17.7. The van der Waals surface area contributed by atoms with Crippen molar-refractivity contribution in [3.8, 4) is 0 Å². The van der Waals surface area contributed by atoms with Crippen molar-refractivity contribution in [2.45, 2.75) is 96.8 Å². The minimum absolute atomic E-state index is 0.217. The summed E-state index contributed by atoms with van der Waals surface area (Å²) in [5.74, 6) is -2.28. The molecule has 0 aromatic heterocycles. The quantitative estimate of drug-likeness (QED) is 0.164. The van der Waals surface area contributed by atoms with E-state index in [4.69, 9.17) is 5.11 Å². The minimum atomic E-state index is -1.41. The molecule has 0 saturated carbocycles. The van der Waals surface area contributed by atoms with Crippen LogP contribution in [0.15, 0.2) is 24.3 Å². The maximum absolute atomic E-state index is 11.3. The Morgan fingerprint density at radius 3 is 1.57 bits per heavy atom. The van der Waals surface area contributed by atoms with Gasteiger partial charge in [-0.1, -0.05) is 90.4 Å². The third-order valence-electron chi connectivity index (χ3n) is 5.20. The SMILES string of the molecule is CCCCCCCCCCCCCCCCNc1ccc(C(=O)C(=O)O)cc1. The molecule has 0 unspecified atom stereocenters. The number of benzene rings is 1. The highest BCUT2D eigenvalue weighted by molar-refractivity contribution is 6.39. The molecule has 1 aromatic rings. The number of carboxylic acid groups (broad SMARTS) is 1. The van der Waals surface area contributed by atoms with Gasteiger partial charge in [-0.25, -0.2) is 4.79 Å². The largest absolute Gasteiger partial charge is 0.475 e. The van der Waals surface area contributed by atoms with Gasteiger partial charge in [0.25, 0.3) is 5.78 Å². The normalized spacial score (nSPS) is 10.8. The lowest BCUT2D eigenvalue weighted by molar-refractivity contribution is -0.131. The van der Waals surface area contributed by atoms with Gasteiger partial charge in [0.15, 0.2) is 0 Å². The van der Waals surface area contributed by atoms with E-state index in [0.29, 0.717) is 0 Å². The predicted octanol–water partition coefficient (Wildman–Crippen LogP) is 6.85. The highest BCUT2D eigenvalue weighted by atomic mass is 16.4. The van der Waals surface area contributed by atoms with Gasteiger partial charge in [0, 0.05) is 17.8 Å². The molecular weight excluding hydrogens is 350 g/mol. The van der Waals surface area contributed by atoms with Gasteiger partial charge in [-0.2, -0.15) is 0 Å². The molecule has 0 fully saturated rings. The molecule has 1 aromatic carbocycles. The lowest BCUT2D eigenvalue weighted by atomic mass is 10.0. The first-order chi connectivity index (χ1) is 13.6. The molecule has 0 aliphatic rings. The molecule has 0 amide bonds. The molecule has 0 aliphatic heterocycles. The summed E-state index contributed by atoms with van der Waals surface area (Å²) in [6.45, 7) is 3.18. The van der Waals surface area contributed by atoms with Crippen molar-refractivity contribution < 1.29 is 14.7 Å². The number of carboxylic acids is 1. The summed E-state index contributed by atoms with van der Waals surface area (Å²) in [7, 11) is 0. The highest BCUT2D eigenvalue weighted by Crippen LogP contribution is 2.14. The van der Waals surface area contributed by atoms with Gasteiger partial charge in [-0.15, -0.1) is 0 Å². The zero-order valence-electron chi connectivity index (χ0n) is 17.7. The molecule has 158 valence electrons. The van der Waals surface area contributed by atoms with Gasteiger partial charge in [-0.3, -0.25) is 4.79 Å². The number of anilines is 1. The third kappa shape index (κ3) is 11.8. The number of nitrogens with one attached hydrogen (secondary N) is 1. The van der Waals surface area contributed by atoms with E-state index < -0.39 is 11.8 Å². The molecule has 0 bridgehead atoms. The fraction of sp³-hybridized carbons (Fsp3) is 0.667. The summed E-state index contributed by atoms with van der Waals surface area (Å²) in [4.78, 5) is 22.0. The van der Waals surface area contributed by atoms with E-state index in [0.717, 1.165) is 18.7 Å². The van der Waals surface area contributed by atoms with E-state index in [9.17, 15) is 9.59 Å². The molecule has 4 heteroatoms. The van der Waals surface area contributed by atoms with Crippen molar-refractivity contribution in [1.29, 1.82) is 0 Å². The first kappa shape index (κ1) is 24.2. The first-order valence-electron chi connectivity index (χ1n) is 11.3. The van der Waals surface area contributed by atoms with Crippen LogP contribution in [0.1, 0.15) is 107 Å². The average molecular weight is 390 g/mol. The first-order valence-corrected chi connectivity index (χ1v) is 11.3. The smallest absolute Gasteiger partial charge is 0.377 e. The Morgan fingerprint density at radius 1 is 0.714 bits per heavy atom. The fourth-order valence-corrected chi connectivity index (χ4v) is 3.42. The second-order valence-electron chi connectivity index (χ2n) is 7.73. The Labute approximate surface area is 171 Å². The number of unbranched alkanes of at least 4 members (excludes halogenated alkanes) is 13. The van der Waals surface area contributed by atoms with Crippen molar-refractivity contribution in [2.75, 3.05) is 11.9 Å². The Bertz CT molecular complexity index is 539. The molecule has 0 aliphatic carbocycles. The fourth-order valence-electron chi connectivity index (χ4n) is 3.42. The third-order valence-corrected chi connectivity index (χ3v) is 5.20. The number of carbonyl (C=O) groups excluding carboxylic acids is 1. The number of hydrogen-bond acceptors (Lipinski definition) is 3. The number of carbonyl (C=O) groups is 2. The van der Waals surface area contributed by atoms with E-state index in [1.54, 1.807) is 24.3 Å².